The number of methoxy groups -OCH3 is 1. The van der Waals surface area contributed by atoms with Gasteiger partial charge < -0.3 is 19.9 Å². The van der Waals surface area contributed by atoms with E-state index < -0.39 is 5.97 Å². The van der Waals surface area contributed by atoms with E-state index in [2.05, 4.69) is 4.98 Å². The molecule has 1 aromatic heterocycles. The van der Waals surface area contributed by atoms with E-state index in [1.54, 1.807) is 6.07 Å². The third kappa shape index (κ3) is 6.25. The van der Waals surface area contributed by atoms with Crippen LogP contribution in [0.5, 0.6) is 17.2 Å². The van der Waals surface area contributed by atoms with E-state index in [1.165, 1.54) is 7.11 Å². The number of esters is 1. The maximum atomic E-state index is 12.4. The van der Waals surface area contributed by atoms with Crippen LogP contribution < -0.4 is 15.2 Å². The van der Waals surface area contributed by atoms with Crippen molar-refractivity contribution < 1.29 is 19.0 Å². The minimum atomic E-state index is -0.624. The number of carbonyl (C=O) groups is 1. The molecule has 1 heterocycles. The Labute approximate surface area is 201 Å². The second kappa shape index (κ2) is 13.5. The van der Waals surface area contributed by atoms with Gasteiger partial charge in [0, 0.05) is 5.39 Å². The van der Waals surface area contributed by atoms with Crippen molar-refractivity contribution in [2.24, 2.45) is 0 Å². The van der Waals surface area contributed by atoms with Crippen LogP contribution in [0.25, 0.3) is 10.8 Å². The SMILES string of the molecule is CC.CC.COC(=O)c1nc(N)c2c(Oc3ccccc3)cccc2c1OCc1ccccc1. The highest BCUT2D eigenvalue weighted by atomic mass is 16.5. The fourth-order valence-electron chi connectivity index (χ4n) is 3.15. The van der Waals surface area contributed by atoms with Crippen LogP contribution in [0.4, 0.5) is 5.82 Å². The Balaban J connectivity index is 0.000000970. The molecule has 4 rings (SSSR count). The number of rotatable bonds is 6. The maximum Gasteiger partial charge on any atom is 0.360 e. The number of aromatic nitrogens is 1. The molecule has 3 aromatic carbocycles. The number of para-hydroxylation sites is 1. The summed E-state index contributed by atoms with van der Waals surface area (Å²) < 4.78 is 17.0. The maximum absolute atomic E-state index is 12.4. The van der Waals surface area contributed by atoms with E-state index in [0.717, 1.165) is 5.56 Å². The summed E-state index contributed by atoms with van der Waals surface area (Å²) in [6.07, 6.45) is 0. The zero-order valence-corrected chi connectivity index (χ0v) is 20.4. The first kappa shape index (κ1) is 26.2. The van der Waals surface area contributed by atoms with Gasteiger partial charge in [0.1, 0.15) is 23.9 Å². The largest absolute Gasteiger partial charge is 0.486 e. The van der Waals surface area contributed by atoms with E-state index in [9.17, 15) is 4.79 Å². The third-order valence-corrected chi connectivity index (χ3v) is 4.55. The number of pyridine rings is 1. The van der Waals surface area contributed by atoms with Crippen LogP contribution in [0.3, 0.4) is 0 Å². The average molecular weight is 461 g/mol. The molecular weight excluding hydrogens is 428 g/mol. The lowest BCUT2D eigenvalue weighted by Gasteiger charge is -2.16. The third-order valence-electron chi connectivity index (χ3n) is 4.55. The standard InChI is InChI=1S/C24H20N2O4.2C2H6/c1-28-24(27)21-22(29-15-16-9-4-2-5-10-16)18-13-8-14-19(20(18)23(25)26-21)30-17-11-6-3-7-12-17;2*1-2/h2-14H,15H2,1H3,(H2,25,26);2*1-2H3. The molecule has 6 nitrogen and oxygen atoms in total. The summed E-state index contributed by atoms with van der Waals surface area (Å²) >= 11 is 0. The number of nitrogen functional groups attached to an aromatic ring is 1. The zero-order valence-electron chi connectivity index (χ0n) is 20.4. The molecule has 4 aromatic rings. The molecule has 0 spiro atoms. The molecule has 0 aliphatic heterocycles. The molecule has 6 heteroatoms. The van der Waals surface area contributed by atoms with Gasteiger partial charge in [-0.15, -0.1) is 0 Å². The number of nitrogens with two attached hydrogens (primary N) is 1. The van der Waals surface area contributed by atoms with E-state index in [-0.39, 0.29) is 18.1 Å². The molecule has 0 radical (unpaired) electrons. The number of benzene rings is 3. The molecule has 178 valence electrons. The topological polar surface area (TPSA) is 83.7 Å². The molecule has 34 heavy (non-hydrogen) atoms. The van der Waals surface area contributed by atoms with Gasteiger partial charge in [0.25, 0.3) is 0 Å². The number of anilines is 1. The smallest absolute Gasteiger partial charge is 0.360 e. The van der Waals surface area contributed by atoms with Gasteiger partial charge in [-0.2, -0.15) is 0 Å². The van der Waals surface area contributed by atoms with Gasteiger partial charge in [-0.1, -0.05) is 88.4 Å². The van der Waals surface area contributed by atoms with Crippen LogP contribution in [-0.2, 0) is 11.3 Å². The quantitative estimate of drug-likeness (QED) is 0.311. The van der Waals surface area contributed by atoms with Crippen molar-refractivity contribution in [3.05, 3.63) is 90.1 Å². The highest BCUT2D eigenvalue weighted by Crippen LogP contribution is 2.39. The normalized spacial score (nSPS) is 9.68. The summed E-state index contributed by atoms with van der Waals surface area (Å²) in [4.78, 5) is 16.7. The first-order valence-electron chi connectivity index (χ1n) is 11.4. The molecule has 0 saturated carbocycles. The van der Waals surface area contributed by atoms with Crippen molar-refractivity contribution in [3.8, 4) is 17.2 Å². The highest BCUT2D eigenvalue weighted by Gasteiger charge is 2.23. The minimum Gasteiger partial charge on any atom is -0.486 e. The fourth-order valence-corrected chi connectivity index (χ4v) is 3.15. The van der Waals surface area contributed by atoms with Gasteiger partial charge in [-0.25, -0.2) is 9.78 Å². The van der Waals surface area contributed by atoms with Gasteiger partial charge in [0.05, 0.1) is 12.5 Å². The molecule has 0 aliphatic carbocycles. The lowest BCUT2D eigenvalue weighted by molar-refractivity contribution is 0.0589. The van der Waals surface area contributed by atoms with Gasteiger partial charge >= 0.3 is 5.97 Å². The van der Waals surface area contributed by atoms with E-state index >= 15 is 0 Å². The van der Waals surface area contributed by atoms with Crippen molar-refractivity contribution in [1.82, 2.24) is 4.98 Å². The van der Waals surface area contributed by atoms with E-state index in [1.807, 2.05) is 100 Å². The Morgan fingerprint density at radius 1 is 0.853 bits per heavy atom. The van der Waals surface area contributed by atoms with Crippen LogP contribution in [0.2, 0.25) is 0 Å². The number of hydrogen-bond acceptors (Lipinski definition) is 6. The number of carbonyl (C=O) groups excluding carboxylic acids is 1. The molecule has 0 amide bonds. The Bertz CT molecular complexity index is 1180. The molecule has 0 unspecified atom stereocenters. The van der Waals surface area contributed by atoms with Crippen LogP contribution in [0, 0.1) is 0 Å². The van der Waals surface area contributed by atoms with Crippen molar-refractivity contribution in [2.45, 2.75) is 34.3 Å². The Morgan fingerprint density at radius 2 is 1.47 bits per heavy atom. The number of ether oxygens (including phenoxy) is 3. The number of hydrogen-bond donors (Lipinski definition) is 1. The molecule has 0 aliphatic rings. The second-order valence-electron chi connectivity index (χ2n) is 6.53. The molecule has 0 saturated heterocycles. The van der Waals surface area contributed by atoms with Crippen molar-refractivity contribution in [2.75, 3.05) is 12.8 Å². The Kier molecular flexibility index (Phi) is 10.4. The lowest BCUT2D eigenvalue weighted by atomic mass is 10.1. The van der Waals surface area contributed by atoms with E-state index in [0.29, 0.717) is 28.0 Å². The molecule has 0 bridgehead atoms. The first-order valence-corrected chi connectivity index (χ1v) is 11.4. The summed E-state index contributed by atoms with van der Waals surface area (Å²) in [5.74, 6) is 1.01. The number of fused-ring (bicyclic) bond motifs is 1. The fraction of sp³-hybridized carbons (Fsp3) is 0.214. The average Bonchev–Trinajstić information content (AvgIpc) is 2.91. The van der Waals surface area contributed by atoms with Gasteiger partial charge in [-0.3, -0.25) is 0 Å². The monoisotopic (exact) mass is 460 g/mol. The summed E-state index contributed by atoms with van der Waals surface area (Å²) in [6.45, 7) is 8.26. The van der Waals surface area contributed by atoms with Gasteiger partial charge in [-0.05, 0) is 23.8 Å². The molecule has 2 N–H and O–H groups in total. The predicted molar refractivity (Wildman–Crippen MR) is 137 cm³/mol. The van der Waals surface area contributed by atoms with Crippen molar-refractivity contribution >= 4 is 22.6 Å². The Morgan fingerprint density at radius 3 is 2.09 bits per heavy atom. The van der Waals surface area contributed by atoms with Crippen LogP contribution >= 0.6 is 0 Å². The minimum absolute atomic E-state index is 0.0234. The molecule has 0 fully saturated rings. The summed E-state index contributed by atoms with van der Waals surface area (Å²) in [5, 5.41) is 1.18. The predicted octanol–water partition coefficient (Wildman–Crippen LogP) is 7.03. The molecular formula is C28H32N2O4. The highest BCUT2D eigenvalue weighted by molar-refractivity contribution is 6.06. The van der Waals surface area contributed by atoms with Crippen LogP contribution in [-0.4, -0.2) is 18.1 Å². The van der Waals surface area contributed by atoms with E-state index in [4.69, 9.17) is 19.9 Å². The second-order valence-corrected chi connectivity index (χ2v) is 6.53. The van der Waals surface area contributed by atoms with Gasteiger partial charge in [0.2, 0.25) is 0 Å². The summed E-state index contributed by atoms with van der Waals surface area (Å²) in [7, 11) is 1.29. The number of nitrogens with zero attached hydrogens (tertiary/aromatic N) is 1. The van der Waals surface area contributed by atoms with Crippen LogP contribution in [0.1, 0.15) is 43.7 Å². The summed E-state index contributed by atoms with van der Waals surface area (Å²) in [5.41, 5.74) is 7.20. The van der Waals surface area contributed by atoms with Crippen molar-refractivity contribution in [1.29, 1.82) is 0 Å². The summed E-state index contributed by atoms with van der Waals surface area (Å²) in [6, 6.07) is 24.4. The van der Waals surface area contributed by atoms with Gasteiger partial charge in [0.15, 0.2) is 11.4 Å². The molecule has 0 atom stereocenters. The Hall–Kier alpha value is -4.06. The first-order chi connectivity index (χ1) is 16.7. The lowest BCUT2D eigenvalue weighted by Crippen LogP contribution is -2.11. The van der Waals surface area contributed by atoms with Crippen LogP contribution in [0.15, 0.2) is 78.9 Å². The zero-order chi connectivity index (χ0) is 24.9. The van der Waals surface area contributed by atoms with Crippen molar-refractivity contribution in [3.63, 3.8) is 0 Å².